The van der Waals surface area contributed by atoms with Gasteiger partial charge in [-0.1, -0.05) is 19.1 Å². The summed E-state index contributed by atoms with van der Waals surface area (Å²) in [4.78, 5) is 11.7. The fraction of sp³-hybridized carbons (Fsp3) is 0.750. The second kappa shape index (κ2) is 5.91. The fourth-order valence-corrected chi connectivity index (χ4v) is 2.11. The van der Waals surface area contributed by atoms with Gasteiger partial charge in [-0.3, -0.25) is 4.79 Å². The zero-order valence-corrected chi connectivity index (χ0v) is 9.71. The summed E-state index contributed by atoms with van der Waals surface area (Å²) in [5.41, 5.74) is -0.410. The highest BCUT2D eigenvalue weighted by Gasteiger charge is 2.40. The normalized spacial score (nSPS) is 26.0. The second-order valence-electron chi connectivity index (χ2n) is 4.02. The molecule has 1 N–H and O–H groups in total. The lowest BCUT2D eigenvalue weighted by Gasteiger charge is -2.25. The first-order chi connectivity index (χ1) is 7.25. The third-order valence-electron chi connectivity index (χ3n) is 2.96. The number of hydrogen-bond acceptors (Lipinski definition) is 3. The summed E-state index contributed by atoms with van der Waals surface area (Å²) in [5, 5.41) is 3.29. The summed E-state index contributed by atoms with van der Waals surface area (Å²) in [6.45, 7) is 3.03. The van der Waals surface area contributed by atoms with Crippen LogP contribution in [0.3, 0.4) is 0 Å². The zero-order valence-electron chi connectivity index (χ0n) is 9.71. The highest BCUT2D eigenvalue weighted by Crippen LogP contribution is 2.26. The summed E-state index contributed by atoms with van der Waals surface area (Å²) in [6, 6.07) is 0. The van der Waals surface area contributed by atoms with E-state index in [0.29, 0.717) is 0 Å². The van der Waals surface area contributed by atoms with Gasteiger partial charge in [-0.2, -0.15) is 0 Å². The Bertz CT molecular complexity index is 230. The molecule has 0 amide bonds. The maximum Gasteiger partial charge on any atom is 0.326 e. The van der Waals surface area contributed by atoms with Crippen molar-refractivity contribution in [1.29, 1.82) is 0 Å². The highest BCUT2D eigenvalue weighted by atomic mass is 16.5. The van der Waals surface area contributed by atoms with E-state index in [2.05, 4.69) is 24.4 Å². The molecule has 15 heavy (non-hydrogen) atoms. The number of methoxy groups -OCH3 is 1. The van der Waals surface area contributed by atoms with Crippen molar-refractivity contribution < 1.29 is 9.53 Å². The van der Waals surface area contributed by atoms with Crippen molar-refractivity contribution in [2.75, 3.05) is 13.7 Å². The summed E-state index contributed by atoms with van der Waals surface area (Å²) in [6.07, 6.45) is 9.08. The Balaban J connectivity index is 2.50. The van der Waals surface area contributed by atoms with Crippen molar-refractivity contribution in [1.82, 2.24) is 5.32 Å². The van der Waals surface area contributed by atoms with Gasteiger partial charge in [-0.05, 0) is 38.6 Å². The SMILES string of the molecule is CC/C=C/CCC1(C(=O)OC)CCCN1. The van der Waals surface area contributed by atoms with E-state index < -0.39 is 5.54 Å². The smallest absolute Gasteiger partial charge is 0.326 e. The van der Waals surface area contributed by atoms with E-state index in [1.165, 1.54) is 7.11 Å². The minimum absolute atomic E-state index is 0.107. The summed E-state index contributed by atoms with van der Waals surface area (Å²) in [5.74, 6) is -0.107. The summed E-state index contributed by atoms with van der Waals surface area (Å²) < 4.78 is 4.87. The average Bonchev–Trinajstić information content (AvgIpc) is 2.73. The Kier molecular flexibility index (Phi) is 4.82. The molecule has 0 radical (unpaired) electrons. The van der Waals surface area contributed by atoms with E-state index >= 15 is 0 Å². The van der Waals surface area contributed by atoms with E-state index in [1.54, 1.807) is 0 Å². The molecular formula is C12H21NO2. The molecule has 0 aromatic heterocycles. The molecule has 0 aromatic carbocycles. The lowest BCUT2D eigenvalue weighted by Crippen LogP contribution is -2.48. The van der Waals surface area contributed by atoms with Gasteiger partial charge >= 0.3 is 5.97 Å². The van der Waals surface area contributed by atoms with Gasteiger partial charge in [-0.15, -0.1) is 0 Å². The molecule has 86 valence electrons. The van der Waals surface area contributed by atoms with Crippen LogP contribution < -0.4 is 5.32 Å². The molecule has 0 aromatic rings. The van der Waals surface area contributed by atoms with Gasteiger partial charge in [0, 0.05) is 0 Å². The standard InChI is InChI=1S/C12H21NO2/c1-3-4-5-6-8-12(11(14)15-2)9-7-10-13-12/h4-5,13H,3,6-10H2,1-2H3/b5-4+. The van der Waals surface area contributed by atoms with Crippen LogP contribution in [0.2, 0.25) is 0 Å². The van der Waals surface area contributed by atoms with Crippen molar-refractivity contribution in [3.8, 4) is 0 Å². The largest absolute Gasteiger partial charge is 0.468 e. The van der Waals surface area contributed by atoms with Gasteiger partial charge in [0.05, 0.1) is 7.11 Å². The maximum absolute atomic E-state index is 11.7. The van der Waals surface area contributed by atoms with Crippen LogP contribution in [0.4, 0.5) is 0 Å². The molecule has 1 fully saturated rings. The van der Waals surface area contributed by atoms with Crippen LogP contribution in [0.25, 0.3) is 0 Å². The Hall–Kier alpha value is -0.830. The van der Waals surface area contributed by atoms with Gasteiger partial charge in [0.1, 0.15) is 5.54 Å². The van der Waals surface area contributed by atoms with Crippen LogP contribution in [0.15, 0.2) is 12.2 Å². The van der Waals surface area contributed by atoms with Gasteiger partial charge in [0.2, 0.25) is 0 Å². The zero-order chi connectivity index (χ0) is 11.1. The first-order valence-corrected chi connectivity index (χ1v) is 5.73. The number of carbonyl (C=O) groups excluding carboxylic acids is 1. The topological polar surface area (TPSA) is 38.3 Å². The highest BCUT2D eigenvalue weighted by molar-refractivity contribution is 5.81. The van der Waals surface area contributed by atoms with Gasteiger partial charge in [0.15, 0.2) is 0 Å². The predicted molar refractivity (Wildman–Crippen MR) is 60.6 cm³/mol. The molecular weight excluding hydrogens is 190 g/mol. The van der Waals surface area contributed by atoms with Crippen molar-refractivity contribution in [3.63, 3.8) is 0 Å². The Morgan fingerprint density at radius 1 is 1.53 bits per heavy atom. The molecule has 0 saturated carbocycles. The summed E-state index contributed by atoms with van der Waals surface area (Å²) >= 11 is 0. The minimum atomic E-state index is -0.410. The number of allylic oxidation sites excluding steroid dienone is 2. The number of hydrogen-bond donors (Lipinski definition) is 1. The maximum atomic E-state index is 11.7. The third-order valence-corrected chi connectivity index (χ3v) is 2.96. The molecule has 3 heteroatoms. The molecule has 0 aliphatic carbocycles. The lowest BCUT2D eigenvalue weighted by atomic mass is 9.91. The first kappa shape index (κ1) is 12.2. The quantitative estimate of drug-likeness (QED) is 0.558. The van der Waals surface area contributed by atoms with E-state index in [0.717, 1.165) is 38.6 Å². The Morgan fingerprint density at radius 2 is 2.33 bits per heavy atom. The minimum Gasteiger partial charge on any atom is -0.468 e. The van der Waals surface area contributed by atoms with Crippen LogP contribution in [0.5, 0.6) is 0 Å². The monoisotopic (exact) mass is 211 g/mol. The van der Waals surface area contributed by atoms with Crippen LogP contribution in [0, 0.1) is 0 Å². The molecule has 1 saturated heterocycles. The molecule has 1 heterocycles. The van der Waals surface area contributed by atoms with Crippen LogP contribution >= 0.6 is 0 Å². The van der Waals surface area contributed by atoms with Crippen LogP contribution in [-0.2, 0) is 9.53 Å². The number of ether oxygens (including phenoxy) is 1. The van der Waals surface area contributed by atoms with Crippen molar-refractivity contribution in [2.45, 2.75) is 44.6 Å². The molecule has 0 bridgehead atoms. The van der Waals surface area contributed by atoms with E-state index in [-0.39, 0.29) is 5.97 Å². The third kappa shape index (κ3) is 3.06. The predicted octanol–water partition coefficient (Wildman–Crippen LogP) is 2.03. The van der Waals surface area contributed by atoms with E-state index in [4.69, 9.17) is 4.74 Å². The van der Waals surface area contributed by atoms with E-state index in [9.17, 15) is 4.79 Å². The van der Waals surface area contributed by atoms with Crippen molar-refractivity contribution >= 4 is 5.97 Å². The molecule has 1 atom stereocenters. The van der Waals surface area contributed by atoms with Gasteiger partial charge < -0.3 is 10.1 Å². The molecule has 1 unspecified atom stereocenters. The second-order valence-corrected chi connectivity index (χ2v) is 4.02. The Labute approximate surface area is 91.9 Å². The average molecular weight is 211 g/mol. The molecule has 1 aliphatic heterocycles. The first-order valence-electron chi connectivity index (χ1n) is 5.73. The van der Waals surface area contributed by atoms with E-state index in [1.807, 2.05) is 0 Å². The number of rotatable bonds is 5. The molecule has 1 aliphatic rings. The number of esters is 1. The van der Waals surface area contributed by atoms with Crippen molar-refractivity contribution in [3.05, 3.63) is 12.2 Å². The van der Waals surface area contributed by atoms with Gasteiger partial charge in [-0.25, -0.2) is 0 Å². The number of carbonyl (C=O) groups is 1. The summed E-state index contributed by atoms with van der Waals surface area (Å²) in [7, 11) is 1.46. The number of nitrogens with one attached hydrogen (secondary N) is 1. The Morgan fingerprint density at radius 3 is 2.87 bits per heavy atom. The van der Waals surface area contributed by atoms with Gasteiger partial charge in [0.25, 0.3) is 0 Å². The molecule has 0 spiro atoms. The molecule has 1 rings (SSSR count). The van der Waals surface area contributed by atoms with Crippen molar-refractivity contribution in [2.24, 2.45) is 0 Å². The lowest BCUT2D eigenvalue weighted by molar-refractivity contribution is -0.148. The van der Waals surface area contributed by atoms with Crippen LogP contribution in [-0.4, -0.2) is 25.2 Å². The fourth-order valence-electron chi connectivity index (χ4n) is 2.11. The molecule has 3 nitrogen and oxygen atoms in total. The van der Waals surface area contributed by atoms with Crippen LogP contribution in [0.1, 0.15) is 39.0 Å².